The van der Waals surface area contributed by atoms with E-state index in [1.54, 1.807) is 24.3 Å². The monoisotopic (exact) mass is 325 g/mol. The Bertz CT molecular complexity index is 690. The van der Waals surface area contributed by atoms with E-state index in [-0.39, 0.29) is 17.2 Å². The fourth-order valence-electron chi connectivity index (χ4n) is 2.29. The van der Waals surface area contributed by atoms with Crippen LogP contribution in [-0.2, 0) is 4.79 Å². The van der Waals surface area contributed by atoms with Gasteiger partial charge in [0.15, 0.2) is 0 Å². The number of anilines is 1. The van der Waals surface area contributed by atoms with E-state index < -0.39 is 17.0 Å². The van der Waals surface area contributed by atoms with Gasteiger partial charge in [0.2, 0.25) is 5.91 Å². The number of amides is 1. The average Bonchev–Trinajstić information content (AvgIpc) is 2.80. The highest BCUT2D eigenvalue weighted by Gasteiger charge is 2.37. The first-order chi connectivity index (χ1) is 10.1. The Morgan fingerprint density at radius 2 is 1.81 bits per heavy atom. The molecule has 21 heavy (non-hydrogen) atoms. The molecule has 0 aromatic heterocycles. The van der Waals surface area contributed by atoms with Crippen molar-refractivity contribution in [3.8, 4) is 0 Å². The molecule has 1 saturated heterocycles. The van der Waals surface area contributed by atoms with E-state index in [4.69, 9.17) is 11.6 Å². The van der Waals surface area contributed by atoms with Crippen molar-refractivity contribution >= 4 is 35.0 Å². The van der Waals surface area contributed by atoms with Crippen molar-refractivity contribution in [3.63, 3.8) is 0 Å². The van der Waals surface area contributed by atoms with Crippen LogP contribution in [0, 0.1) is 11.6 Å². The molecule has 1 amide bonds. The molecule has 0 spiro atoms. The summed E-state index contributed by atoms with van der Waals surface area (Å²) in [4.78, 5) is 13.5. The second-order valence-electron chi connectivity index (χ2n) is 4.54. The summed E-state index contributed by atoms with van der Waals surface area (Å²) in [6.45, 7) is 0. The van der Waals surface area contributed by atoms with E-state index in [1.165, 1.54) is 34.9 Å². The minimum atomic E-state index is -0.725. The molecule has 108 valence electrons. The molecule has 1 aliphatic heterocycles. The minimum Gasteiger partial charge on any atom is -0.295 e. The van der Waals surface area contributed by atoms with E-state index in [0.29, 0.717) is 10.7 Å². The molecule has 3 rings (SSSR count). The van der Waals surface area contributed by atoms with E-state index in [9.17, 15) is 13.6 Å². The maximum Gasteiger partial charge on any atom is 0.238 e. The van der Waals surface area contributed by atoms with Crippen LogP contribution in [0.1, 0.15) is 10.9 Å². The van der Waals surface area contributed by atoms with E-state index in [0.717, 1.165) is 0 Å². The molecule has 2 aromatic carbocycles. The standard InChI is InChI=1S/C15H10ClF2NOS/c16-9-3-1-4-10(7-9)19-13(20)8-21-15(19)14-11(17)5-2-6-12(14)18/h1-7,15H,8H2. The third-order valence-corrected chi connectivity index (χ3v) is 4.61. The van der Waals surface area contributed by atoms with Gasteiger partial charge in [-0.2, -0.15) is 0 Å². The Morgan fingerprint density at radius 1 is 1.14 bits per heavy atom. The Hall–Kier alpha value is -1.59. The Morgan fingerprint density at radius 3 is 2.48 bits per heavy atom. The highest BCUT2D eigenvalue weighted by atomic mass is 35.5. The number of nitrogens with zero attached hydrogens (tertiary/aromatic N) is 1. The number of hydrogen-bond acceptors (Lipinski definition) is 2. The smallest absolute Gasteiger partial charge is 0.238 e. The first kappa shape index (κ1) is 14.4. The van der Waals surface area contributed by atoms with Crippen molar-refractivity contribution in [2.24, 2.45) is 0 Å². The van der Waals surface area contributed by atoms with Crippen molar-refractivity contribution in [3.05, 3.63) is 64.7 Å². The number of carbonyl (C=O) groups excluding carboxylic acids is 1. The quantitative estimate of drug-likeness (QED) is 0.816. The second kappa shape index (κ2) is 5.66. The minimum absolute atomic E-state index is 0.103. The molecule has 2 nitrogen and oxygen atoms in total. The molecule has 1 heterocycles. The molecule has 1 unspecified atom stereocenters. The van der Waals surface area contributed by atoms with Crippen LogP contribution in [0.3, 0.4) is 0 Å². The van der Waals surface area contributed by atoms with E-state index in [1.807, 2.05) is 0 Å². The average molecular weight is 326 g/mol. The predicted molar refractivity (Wildman–Crippen MR) is 80.5 cm³/mol. The number of benzene rings is 2. The van der Waals surface area contributed by atoms with Crippen LogP contribution >= 0.6 is 23.4 Å². The lowest BCUT2D eigenvalue weighted by Crippen LogP contribution is -2.28. The molecular weight excluding hydrogens is 316 g/mol. The maximum atomic E-state index is 14.0. The highest BCUT2D eigenvalue weighted by Crippen LogP contribution is 2.43. The molecule has 0 N–H and O–H groups in total. The number of rotatable bonds is 2. The first-order valence-corrected chi connectivity index (χ1v) is 7.64. The van der Waals surface area contributed by atoms with E-state index >= 15 is 0 Å². The topological polar surface area (TPSA) is 20.3 Å². The summed E-state index contributed by atoms with van der Waals surface area (Å²) in [6, 6.07) is 10.4. The largest absolute Gasteiger partial charge is 0.295 e. The molecule has 1 fully saturated rings. The zero-order valence-corrected chi connectivity index (χ0v) is 12.3. The molecule has 0 saturated carbocycles. The van der Waals surface area contributed by atoms with Crippen molar-refractivity contribution in [1.29, 1.82) is 0 Å². The SMILES string of the molecule is O=C1CSC(c2c(F)cccc2F)N1c1cccc(Cl)c1. The maximum absolute atomic E-state index is 14.0. The fraction of sp³-hybridized carbons (Fsp3) is 0.133. The summed E-state index contributed by atoms with van der Waals surface area (Å²) >= 11 is 7.13. The second-order valence-corrected chi connectivity index (χ2v) is 6.05. The van der Waals surface area contributed by atoms with Gasteiger partial charge in [-0.15, -0.1) is 11.8 Å². The molecule has 0 radical (unpaired) electrons. The van der Waals surface area contributed by atoms with Crippen LogP contribution in [0.5, 0.6) is 0 Å². The molecule has 2 aromatic rings. The Balaban J connectivity index is 2.08. The van der Waals surface area contributed by atoms with Crippen LogP contribution < -0.4 is 4.90 Å². The fourth-order valence-corrected chi connectivity index (χ4v) is 3.69. The normalized spacial score (nSPS) is 18.3. The summed E-state index contributed by atoms with van der Waals surface area (Å²) in [6.07, 6.45) is 0. The predicted octanol–water partition coefficient (Wildman–Crippen LogP) is 4.40. The van der Waals surface area contributed by atoms with Crippen molar-refractivity contribution in [2.75, 3.05) is 10.7 Å². The van der Waals surface area contributed by atoms with Gasteiger partial charge in [-0.3, -0.25) is 9.69 Å². The zero-order chi connectivity index (χ0) is 15.0. The van der Waals surface area contributed by atoms with Gasteiger partial charge < -0.3 is 0 Å². The number of thioether (sulfide) groups is 1. The molecule has 1 atom stereocenters. The van der Waals surface area contributed by atoms with Gasteiger partial charge >= 0.3 is 0 Å². The third-order valence-electron chi connectivity index (χ3n) is 3.20. The van der Waals surface area contributed by atoms with Gasteiger partial charge in [-0.05, 0) is 30.3 Å². The van der Waals surface area contributed by atoms with Crippen LogP contribution in [0.2, 0.25) is 5.02 Å². The molecule has 0 aliphatic carbocycles. The lowest BCUT2D eigenvalue weighted by Gasteiger charge is -2.25. The van der Waals surface area contributed by atoms with Gasteiger partial charge in [-0.25, -0.2) is 8.78 Å². The zero-order valence-electron chi connectivity index (χ0n) is 10.7. The number of carbonyl (C=O) groups is 1. The summed E-state index contributed by atoms with van der Waals surface area (Å²) in [5, 5.41) is -0.262. The summed E-state index contributed by atoms with van der Waals surface area (Å²) in [5.41, 5.74) is 0.429. The first-order valence-electron chi connectivity index (χ1n) is 6.21. The molecule has 6 heteroatoms. The van der Waals surface area contributed by atoms with Gasteiger partial charge in [0.1, 0.15) is 17.0 Å². The highest BCUT2D eigenvalue weighted by molar-refractivity contribution is 8.00. The molecule has 0 bridgehead atoms. The van der Waals surface area contributed by atoms with Gasteiger partial charge in [-0.1, -0.05) is 23.7 Å². The summed E-state index contributed by atoms with van der Waals surface area (Å²) in [7, 11) is 0. The third kappa shape index (κ3) is 2.63. The molecule has 1 aliphatic rings. The number of halogens is 3. The van der Waals surface area contributed by atoms with Crippen molar-refractivity contribution < 1.29 is 13.6 Å². The molecular formula is C15H10ClF2NOS. The Labute approximate surface area is 129 Å². The lowest BCUT2D eigenvalue weighted by molar-refractivity contribution is -0.115. The lowest BCUT2D eigenvalue weighted by atomic mass is 10.1. The van der Waals surface area contributed by atoms with Crippen molar-refractivity contribution in [2.45, 2.75) is 5.37 Å². The van der Waals surface area contributed by atoms with Gasteiger partial charge in [0.25, 0.3) is 0 Å². The Kier molecular flexibility index (Phi) is 3.87. The summed E-state index contributed by atoms with van der Waals surface area (Å²) in [5.74, 6) is -1.34. The number of hydrogen-bond donors (Lipinski definition) is 0. The van der Waals surface area contributed by atoms with Gasteiger partial charge in [0, 0.05) is 10.7 Å². The van der Waals surface area contributed by atoms with Crippen LogP contribution in [0.15, 0.2) is 42.5 Å². The van der Waals surface area contributed by atoms with Crippen LogP contribution in [0.4, 0.5) is 14.5 Å². The summed E-state index contributed by atoms with van der Waals surface area (Å²) < 4.78 is 28.0. The van der Waals surface area contributed by atoms with E-state index in [2.05, 4.69) is 0 Å². The van der Waals surface area contributed by atoms with Crippen LogP contribution in [0.25, 0.3) is 0 Å². The van der Waals surface area contributed by atoms with Crippen molar-refractivity contribution in [1.82, 2.24) is 0 Å². The van der Waals surface area contributed by atoms with Crippen LogP contribution in [-0.4, -0.2) is 11.7 Å². The van der Waals surface area contributed by atoms with Gasteiger partial charge in [0.05, 0.1) is 11.3 Å².